The number of rotatable bonds is 1. The van der Waals surface area contributed by atoms with E-state index in [9.17, 15) is 22.0 Å². The molecule has 0 aliphatic rings. The minimum absolute atomic E-state index is 0.0759. The third-order valence-corrected chi connectivity index (χ3v) is 7.04. The molecule has 0 nitrogen and oxygen atoms in total. The van der Waals surface area contributed by atoms with Crippen LogP contribution < -0.4 is 0 Å². The van der Waals surface area contributed by atoms with Crippen molar-refractivity contribution < 1.29 is 22.0 Å². The van der Waals surface area contributed by atoms with Crippen molar-refractivity contribution in [3.05, 3.63) is 106 Å². The minimum Gasteiger partial charge on any atom is -0.207 e. The van der Waals surface area contributed by atoms with Gasteiger partial charge in [-0.05, 0) is 61.6 Å². The van der Waals surface area contributed by atoms with E-state index in [1.165, 1.54) is 36.5 Å². The largest absolute Gasteiger partial charge is 0.207 e. The molecule has 1 aromatic heterocycles. The molecule has 0 saturated heterocycles. The Morgan fingerprint density at radius 3 is 1.44 bits per heavy atom. The van der Waals surface area contributed by atoms with E-state index >= 15 is 0 Å². The normalized spacial score (nSPS) is 10.6. The topological polar surface area (TPSA) is 0 Å². The van der Waals surface area contributed by atoms with E-state index in [1.54, 1.807) is 45.0 Å². The predicted octanol–water partition coefficient (Wildman–Crippen LogP) is 10.4. The summed E-state index contributed by atoms with van der Waals surface area (Å²) in [6.45, 7) is 10.5. The van der Waals surface area contributed by atoms with Gasteiger partial charge in [0.25, 0.3) is 0 Å². The van der Waals surface area contributed by atoms with E-state index in [0.29, 0.717) is 31.7 Å². The molecule has 5 aromatic rings. The van der Waals surface area contributed by atoms with Gasteiger partial charge in [0.05, 0.1) is 9.40 Å². The number of benzene rings is 4. The van der Waals surface area contributed by atoms with Crippen molar-refractivity contribution >= 4 is 31.5 Å². The van der Waals surface area contributed by atoms with Gasteiger partial charge in [-0.3, -0.25) is 0 Å². The van der Waals surface area contributed by atoms with E-state index in [4.69, 9.17) is 0 Å². The lowest BCUT2D eigenvalue weighted by Gasteiger charge is -2.07. The van der Waals surface area contributed by atoms with Gasteiger partial charge in [-0.2, -0.15) is 0 Å². The summed E-state index contributed by atoms with van der Waals surface area (Å²) in [5, 5.41) is 1.60. The fourth-order valence-electron chi connectivity index (χ4n) is 3.66. The van der Waals surface area contributed by atoms with Crippen molar-refractivity contribution in [3.8, 4) is 11.1 Å². The molecule has 0 N–H and O–H groups in total. The Kier molecular flexibility index (Phi) is 8.51. The van der Waals surface area contributed by atoms with E-state index in [-0.39, 0.29) is 22.8 Å². The zero-order chi connectivity index (χ0) is 26.7. The summed E-state index contributed by atoms with van der Waals surface area (Å²) in [7, 11) is 0. The highest BCUT2D eigenvalue weighted by molar-refractivity contribution is 7.25. The molecule has 0 amide bonds. The summed E-state index contributed by atoms with van der Waals surface area (Å²) in [5.74, 6) is -2.72. The number of fused-ring (bicyclic) bond motifs is 3. The number of halogens is 5. The number of hydrogen-bond acceptors (Lipinski definition) is 1. The molecule has 5 rings (SSSR count). The molecular weight excluding hydrogens is 487 g/mol. The minimum atomic E-state index is -0.937. The first-order valence-corrected chi connectivity index (χ1v) is 12.4. The summed E-state index contributed by atoms with van der Waals surface area (Å²) in [4.78, 5) is 0. The Bertz CT molecular complexity index is 1490. The fourth-order valence-corrected chi connectivity index (χ4v) is 4.95. The molecule has 6 heteroatoms. The molecule has 4 aromatic carbocycles. The maximum atomic E-state index is 14.0. The lowest BCUT2D eigenvalue weighted by Crippen LogP contribution is -1.94. The molecule has 188 valence electrons. The highest BCUT2D eigenvalue weighted by Gasteiger charge is 2.15. The quantitative estimate of drug-likeness (QED) is 0.195. The summed E-state index contributed by atoms with van der Waals surface area (Å²) in [6.07, 6.45) is 0. The van der Waals surface area contributed by atoms with Gasteiger partial charge in [-0.15, -0.1) is 11.3 Å². The van der Waals surface area contributed by atoms with E-state index in [1.807, 2.05) is 26.0 Å². The molecule has 0 radical (unpaired) electrons. The maximum absolute atomic E-state index is 14.0. The SMILES string of the molecule is CC.Cc1ccc(-c2ccc(C)c(F)c2F)cc1F.Cc1ccc2c(sc3c(F)c(C)ccc32)c1F. The van der Waals surface area contributed by atoms with Gasteiger partial charge < -0.3 is 0 Å². The van der Waals surface area contributed by atoms with Gasteiger partial charge in [0, 0.05) is 16.3 Å². The summed E-state index contributed by atoms with van der Waals surface area (Å²) in [5.41, 5.74) is 2.32. The second-order valence-corrected chi connectivity index (χ2v) is 9.29. The van der Waals surface area contributed by atoms with Crippen LogP contribution in [0, 0.1) is 56.8 Å². The molecular formula is C30H27F5S. The van der Waals surface area contributed by atoms with Crippen LogP contribution in [0.15, 0.2) is 54.6 Å². The molecule has 0 bridgehead atoms. The van der Waals surface area contributed by atoms with E-state index in [0.717, 1.165) is 10.8 Å². The van der Waals surface area contributed by atoms with Gasteiger partial charge in [0.1, 0.15) is 17.5 Å². The van der Waals surface area contributed by atoms with Crippen LogP contribution >= 0.6 is 11.3 Å². The third-order valence-electron chi connectivity index (χ3n) is 5.83. The first-order valence-electron chi connectivity index (χ1n) is 11.6. The average molecular weight is 515 g/mol. The van der Waals surface area contributed by atoms with Crippen molar-refractivity contribution in [3.63, 3.8) is 0 Å². The van der Waals surface area contributed by atoms with Gasteiger partial charge in [0.15, 0.2) is 11.6 Å². The highest BCUT2D eigenvalue weighted by Crippen LogP contribution is 2.38. The molecule has 0 unspecified atom stereocenters. The van der Waals surface area contributed by atoms with Crippen molar-refractivity contribution in [1.82, 2.24) is 0 Å². The summed E-state index contributed by atoms with van der Waals surface area (Å²) in [6, 6.07) is 14.5. The predicted molar refractivity (Wildman–Crippen MR) is 141 cm³/mol. The Morgan fingerprint density at radius 2 is 0.944 bits per heavy atom. The lowest BCUT2D eigenvalue weighted by atomic mass is 10.0. The Balaban J connectivity index is 0.000000188. The van der Waals surface area contributed by atoms with Crippen LogP contribution in [0.1, 0.15) is 36.1 Å². The van der Waals surface area contributed by atoms with Crippen molar-refractivity contribution in [2.24, 2.45) is 0 Å². The van der Waals surface area contributed by atoms with Crippen molar-refractivity contribution in [2.75, 3.05) is 0 Å². The lowest BCUT2D eigenvalue weighted by molar-refractivity contribution is 0.505. The average Bonchev–Trinajstić information content (AvgIpc) is 3.26. The van der Waals surface area contributed by atoms with Crippen molar-refractivity contribution in [2.45, 2.75) is 41.5 Å². The Labute approximate surface area is 212 Å². The van der Waals surface area contributed by atoms with Gasteiger partial charge in [-0.25, -0.2) is 22.0 Å². The third kappa shape index (κ3) is 5.14. The number of thiophene rings is 1. The van der Waals surface area contributed by atoms with Gasteiger partial charge >= 0.3 is 0 Å². The zero-order valence-electron chi connectivity index (χ0n) is 21.0. The molecule has 0 saturated carbocycles. The van der Waals surface area contributed by atoms with Crippen LogP contribution in [-0.2, 0) is 0 Å². The van der Waals surface area contributed by atoms with Crippen molar-refractivity contribution in [1.29, 1.82) is 0 Å². The molecule has 0 aliphatic carbocycles. The molecule has 0 aliphatic heterocycles. The first-order chi connectivity index (χ1) is 17.1. The van der Waals surface area contributed by atoms with Crippen LogP contribution in [0.5, 0.6) is 0 Å². The molecule has 0 spiro atoms. The summed E-state index contributed by atoms with van der Waals surface area (Å²) >= 11 is 1.19. The number of hydrogen-bond donors (Lipinski definition) is 0. The van der Waals surface area contributed by atoms with Crippen LogP contribution in [-0.4, -0.2) is 0 Å². The first kappa shape index (κ1) is 27.3. The van der Waals surface area contributed by atoms with Crippen LogP contribution in [0.25, 0.3) is 31.3 Å². The molecule has 36 heavy (non-hydrogen) atoms. The molecule has 0 atom stereocenters. The monoisotopic (exact) mass is 514 g/mol. The number of aryl methyl sites for hydroxylation is 4. The van der Waals surface area contributed by atoms with E-state index < -0.39 is 17.5 Å². The van der Waals surface area contributed by atoms with Gasteiger partial charge in [0.2, 0.25) is 0 Å². The second kappa shape index (κ2) is 11.2. The summed E-state index contributed by atoms with van der Waals surface area (Å²) < 4.78 is 69.4. The van der Waals surface area contributed by atoms with E-state index in [2.05, 4.69) is 0 Å². The molecule has 1 heterocycles. The zero-order valence-corrected chi connectivity index (χ0v) is 21.8. The Morgan fingerprint density at radius 1 is 0.500 bits per heavy atom. The van der Waals surface area contributed by atoms with Crippen LogP contribution in [0.4, 0.5) is 22.0 Å². The smallest absolute Gasteiger partial charge is 0.166 e. The maximum Gasteiger partial charge on any atom is 0.166 e. The van der Waals surface area contributed by atoms with Crippen LogP contribution in [0.3, 0.4) is 0 Å². The Hall–Kier alpha value is -3.25. The van der Waals surface area contributed by atoms with Crippen LogP contribution in [0.2, 0.25) is 0 Å². The standard InChI is InChI=1S/C14H11F3.C14H10F2S.C2H6/c1-8-3-5-10(7-12(8)15)11-6-4-9(2)13(16)14(11)17;1-7-3-5-9-10-6-4-8(2)12(16)14(10)17-13(9)11(7)15;1-2/h3-7H,1-2H3;3-6H,1-2H3;1-2H3. The van der Waals surface area contributed by atoms with Gasteiger partial charge in [-0.1, -0.05) is 62.4 Å². The fraction of sp³-hybridized carbons (Fsp3) is 0.200. The second-order valence-electron chi connectivity index (χ2n) is 8.27. The highest BCUT2D eigenvalue weighted by atomic mass is 32.1. The molecule has 0 fully saturated rings.